The third-order valence-corrected chi connectivity index (χ3v) is 4.37. The molecule has 130 valence electrons. The first-order valence-electron chi connectivity index (χ1n) is 7.72. The second kappa shape index (κ2) is 8.37. The molecule has 0 atom stereocenters. The number of nitrogens with zero attached hydrogens (tertiary/aromatic N) is 1. The van der Waals surface area contributed by atoms with Crippen molar-refractivity contribution >= 4 is 15.8 Å². The molecule has 0 aliphatic rings. The van der Waals surface area contributed by atoms with E-state index < -0.39 is 10.1 Å². The van der Waals surface area contributed by atoms with Gasteiger partial charge in [0.25, 0.3) is 0 Å². The minimum absolute atomic E-state index is 0. The standard InChI is InChI=1S/C18H18N2O4S.Na/c1-12(2)20-15-7-3-13(4-8-15)17-11-19-18(24-17)14-5-9-16(10-6-14)25(21,22)23;/h3-12,20H,1-2H3,(H,21,22,23);/q;+1/p-1. The van der Waals surface area contributed by atoms with E-state index in [1.54, 1.807) is 6.20 Å². The molecule has 0 fully saturated rings. The molecule has 0 saturated carbocycles. The Morgan fingerprint density at radius 3 is 2.12 bits per heavy atom. The zero-order valence-electron chi connectivity index (χ0n) is 14.8. The van der Waals surface area contributed by atoms with Crippen LogP contribution in [-0.4, -0.2) is 24.0 Å². The summed E-state index contributed by atoms with van der Waals surface area (Å²) in [6.45, 7) is 4.14. The fourth-order valence-electron chi connectivity index (χ4n) is 2.37. The Bertz CT molecular complexity index is 965. The molecule has 2 aromatic carbocycles. The number of hydrogen-bond donors (Lipinski definition) is 1. The number of nitrogens with one attached hydrogen (secondary N) is 1. The van der Waals surface area contributed by atoms with Gasteiger partial charge < -0.3 is 14.3 Å². The van der Waals surface area contributed by atoms with Crippen LogP contribution in [0.15, 0.2) is 64.0 Å². The fourth-order valence-corrected chi connectivity index (χ4v) is 2.84. The van der Waals surface area contributed by atoms with Crippen molar-refractivity contribution in [3.05, 3.63) is 54.7 Å². The Morgan fingerprint density at radius 1 is 1.00 bits per heavy atom. The average Bonchev–Trinajstić information content (AvgIpc) is 3.04. The molecule has 0 aliphatic heterocycles. The summed E-state index contributed by atoms with van der Waals surface area (Å²) in [6, 6.07) is 13.6. The number of rotatable bonds is 5. The quantitative estimate of drug-likeness (QED) is 0.518. The second-order valence-electron chi connectivity index (χ2n) is 5.88. The molecule has 1 heterocycles. The molecule has 0 aliphatic carbocycles. The Balaban J connectivity index is 0.00000243. The van der Waals surface area contributed by atoms with Crippen molar-refractivity contribution < 1.29 is 46.9 Å². The summed E-state index contributed by atoms with van der Waals surface area (Å²) in [5.74, 6) is 0.959. The van der Waals surface area contributed by atoms with Crippen LogP contribution < -0.4 is 34.9 Å². The van der Waals surface area contributed by atoms with E-state index in [1.165, 1.54) is 24.3 Å². The van der Waals surface area contributed by atoms with Crippen molar-refractivity contribution in [3.8, 4) is 22.8 Å². The monoisotopic (exact) mass is 380 g/mol. The molecule has 0 saturated heterocycles. The second-order valence-corrected chi connectivity index (χ2v) is 7.26. The number of aromatic nitrogens is 1. The van der Waals surface area contributed by atoms with Crippen LogP contribution in [0.25, 0.3) is 22.8 Å². The summed E-state index contributed by atoms with van der Waals surface area (Å²) in [5, 5.41) is 3.31. The van der Waals surface area contributed by atoms with Gasteiger partial charge in [-0.05, 0) is 62.4 Å². The van der Waals surface area contributed by atoms with Gasteiger partial charge in [0.05, 0.1) is 11.1 Å². The molecule has 0 radical (unpaired) electrons. The molecular weight excluding hydrogens is 363 g/mol. The summed E-state index contributed by atoms with van der Waals surface area (Å²) in [5.41, 5.74) is 2.50. The normalized spacial score (nSPS) is 11.2. The molecule has 3 rings (SSSR count). The predicted molar refractivity (Wildman–Crippen MR) is 94.1 cm³/mol. The van der Waals surface area contributed by atoms with Crippen LogP contribution in [0.1, 0.15) is 13.8 Å². The van der Waals surface area contributed by atoms with E-state index in [4.69, 9.17) is 4.42 Å². The van der Waals surface area contributed by atoms with Gasteiger partial charge in [-0.3, -0.25) is 0 Å². The first-order chi connectivity index (χ1) is 11.8. The molecule has 0 spiro atoms. The predicted octanol–water partition coefficient (Wildman–Crippen LogP) is 0.737. The maximum absolute atomic E-state index is 11.0. The van der Waals surface area contributed by atoms with Crippen LogP contribution in [0, 0.1) is 0 Å². The van der Waals surface area contributed by atoms with Crippen molar-refractivity contribution in [1.29, 1.82) is 0 Å². The SMILES string of the molecule is CC(C)Nc1ccc(-c2cnc(-c3ccc(S(=O)(=O)[O-])cc3)o2)cc1.[Na+]. The minimum atomic E-state index is -4.46. The van der Waals surface area contributed by atoms with Gasteiger partial charge >= 0.3 is 29.6 Å². The van der Waals surface area contributed by atoms with Gasteiger partial charge in [-0.2, -0.15) is 0 Å². The first kappa shape index (κ1) is 20.7. The largest absolute Gasteiger partial charge is 1.00 e. The van der Waals surface area contributed by atoms with E-state index >= 15 is 0 Å². The van der Waals surface area contributed by atoms with Crippen LogP contribution in [0.5, 0.6) is 0 Å². The summed E-state index contributed by atoms with van der Waals surface area (Å²) < 4.78 is 38.6. The van der Waals surface area contributed by atoms with Crippen LogP contribution >= 0.6 is 0 Å². The van der Waals surface area contributed by atoms with Crippen molar-refractivity contribution in [1.82, 2.24) is 4.98 Å². The van der Waals surface area contributed by atoms with E-state index in [-0.39, 0.29) is 34.5 Å². The third-order valence-electron chi connectivity index (χ3n) is 3.52. The number of oxazole rings is 1. The molecule has 1 aromatic heterocycles. The van der Waals surface area contributed by atoms with Crippen molar-refractivity contribution in [2.45, 2.75) is 24.8 Å². The Labute approximate surface area is 174 Å². The van der Waals surface area contributed by atoms with Gasteiger partial charge in [0.2, 0.25) is 5.89 Å². The van der Waals surface area contributed by atoms with Crippen molar-refractivity contribution in [2.75, 3.05) is 5.32 Å². The van der Waals surface area contributed by atoms with Crippen LogP contribution in [0.2, 0.25) is 0 Å². The van der Waals surface area contributed by atoms with Crippen LogP contribution in [-0.2, 0) is 10.1 Å². The molecule has 0 unspecified atom stereocenters. The molecule has 6 nitrogen and oxygen atoms in total. The zero-order chi connectivity index (χ0) is 18.0. The Morgan fingerprint density at radius 2 is 1.58 bits per heavy atom. The van der Waals surface area contributed by atoms with Crippen molar-refractivity contribution in [3.63, 3.8) is 0 Å². The maximum atomic E-state index is 11.0. The summed E-state index contributed by atoms with van der Waals surface area (Å²) in [4.78, 5) is 3.93. The van der Waals surface area contributed by atoms with Gasteiger partial charge in [-0.25, -0.2) is 13.4 Å². The van der Waals surface area contributed by atoms with Crippen LogP contribution in [0.3, 0.4) is 0 Å². The van der Waals surface area contributed by atoms with Gasteiger partial charge in [0.15, 0.2) is 5.76 Å². The molecule has 1 N–H and O–H groups in total. The third kappa shape index (κ3) is 4.96. The molecule has 0 bridgehead atoms. The zero-order valence-corrected chi connectivity index (χ0v) is 17.6. The van der Waals surface area contributed by atoms with E-state index in [0.29, 0.717) is 23.3 Å². The molecule has 3 aromatic rings. The van der Waals surface area contributed by atoms with E-state index in [2.05, 4.69) is 24.1 Å². The summed E-state index contributed by atoms with van der Waals surface area (Å²) >= 11 is 0. The fraction of sp³-hybridized carbons (Fsp3) is 0.167. The Hall–Kier alpha value is -1.64. The molecular formula is C18H17N2NaO4S. The smallest absolute Gasteiger partial charge is 0.744 e. The van der Waals surface area contributed by atoms with E-state index in [1.807, 2.05) is 24.3 Å². The summed E-state index contributed by atoms with van der Waals surface area (Å²) in [7, 11) is -4.46. The minimum Gasteiger partial charge on any atom is -0.744 e. The van der Waals surface area contributed by atoms with Gasteiger partial charge in [0, 0.05) is 22.9 Å². The Kier molecular flexibility index (Phi) is 6.65. The van der Waals surface area contributed by atoms with Crippen molar-refractivity contribution in [2.24, 2.45) is 0 Å². The topological polar surface area (TPSA) is 95.3 Å². The van der Waals surface area contributed by atoms with Crippen LogP contribution in [0.4, 0.5) is 5.69 Å². The van der Waals surface area contributed by atoms with Gasteiger partial charge in [0.1, 0.15) is 10.1 Å². The van der Waals surface area contributed by atoms with Gasteiger partial charge in [-0.1, -0.05) is 0 Å². The first-order valence-corrected chi connectivity index (χ1v) is 9.13. The van der Waals surface area contributed by atoms with Gasteiger partial charge in [-0.15, -0.1) is 0 Å². The molecule has 8 heteroatoms. The van der Waals surface area contributed by atoms with E-state index in [9.17, 15) is 13.0 Å². The van der Waals surface area contributed by atoms with E-state index in [0.717, 1.165) is 11.3 Å². The average molecular weight is 380 g/mol. The number of hydrogen-bond acceptors (Lipinski definition) is 6. The number of anilines is 1. The number of benzene rings is 2. The summed E-state index contributed by atoms with van der Waals surface area (Å²) in [6.07, 6.45) is 1.61. The maximum Gasteiger partial charge on any atom is 1.00 e. The molecule has 26 heavy (non-hydrogen) atoms. The molecule has 0 amide bonds.